The zero-order valence-corrected chi connectivity index (χ0v) is 15.7. The molecule has 24 heavy (non-hydrogen) atoms. The van der Waals surface area contributed by atoms with Crippen LogP contribution in [0.25, 0.3) is 0 Å². The summed E-state index contributed by atoms with van der Waals surface area (Å²) in [4.78, 5) is 16.3. The SMILES string of the molecule is CCN(CC)CCNC(=O)N1CCC(Oc2cc(Cl)cc(Cl)c2)C1. The molecule has 2 rings (SSSR count). The second-order valence-electron chi connectivity index (χ2n) is 5.84. The fourth-order valence-corrected chi connectivity index (χ4v) is 3.28. The van der Waals surface area contributed by atoms with Gasteiger partial charge in [0, 0.05) is 36.1 Å². The van der Waals surface area contributed by atoms with Crippen LogP contribution in [0.2, 0.25) is 10.0 Å². The molecule has 1 aliphatic heterocycles. The topological polar surface area (TPSA) is 44.8 Å². The minimum absolute atomic E-state index is 0.0302. The summed E-state index contributed by atoms with van der Waals surface area (Å²) >= 11 is 12.0. The zero-order chi connectivity index (χ0) is 17.5. The molecule has 1 saturated heterocycles. The van der Waals surface area contributed by atoms with Gasteiger partial charge < -0.3 is 19.9 Å². The van der Waals surface area contributed by atoms with Crippen molar-refractivity contribution in [3.05, 3.63) is 28.2 Å². The number of carbonyl (C=O) groups is 1. The summed E-state index contributed by atoms with van der Waals surface area (Å²) in [7, 11) is 0. The van der Waals surface area contributed by atoms with Crippen LogP contribution in [-0.4, -0.2) is 61.2 Å². The minimum atomic E-state index is -0.0342. The first-order valence-electron chi connectivity index (χ1n) is 8.39. The van der Waals surface area contributed by atoms with E-state index in [1.807, 2.05) is 0 Å². The molecule has 134 valence electrons. The van der Waals surface area contributed by atoms with E-state index in [4.69, 9.17) is 27.9 Å². The molecular formula is C17H25Cl2N3O2. The van der Waals surface area contributed by atoms with Gasteiger partial charge in [0.2, 0.25) is 0 Å². The van der Waals surface area contributed by atoms with Gasteiger partial charge in [-0.2, -0.15) is 0 Å². The van der Waals surface area contributed by atoms with Crippen LogP contribution in [-0.2, 0) is 0 Å². The Balaban J connectivity index is 1.76. The smallest absolute Gasteiger partial charge is 0.317 e. The minimum Gasteiger partial charge on any atom is -0.488 e. The van der Waals surface area contributed by atoms with E-state index in [1.54, 1.807) is 23.1 Å². The van der Waals surface area contributed by atoms with Crippen LogP contribution < -0.4 is 10.1 Å². The Bertz CT molecular complexity index is 532. The Morgan fingerprint density at radius 3 is 2.58 bits per heavy atom. The van der Waals surface area contributed by atoms with Crippen LogP contribution in [0, 0.1) is 0 Å². The number of nitrogens with zero attached hydrogens (tertiary/aromatic N) is 2. The molecule has 0 spiro atoms. The van der Waals surface area contributed by atoms with Gasteiger partial charge in [0.15, 0.2) is 0 Å². The Kier molecular flexibility index (Phi) is 7.46. The standard InChI is InChI=1S/C17H25Cl2N3O2/c1-3-21(4-2)8-6-20-17(23)22-7-5-15(12-22)24-16-10-13(18)9-14(19)11-16/h9-11,15H,3-8,12H2,1-2H3,(H,20,23). The van der Waals surface area contributed by atoms with E-state index in [-0.39, 0.29) is 12.1 Å². The zero-order valence-electron chi connectivity index (χ0n) is 14.2. The largest absolute Gasteiger partial charge is 0.488 e. The second kappa shape index (κ2) is 9.35. The number of hydrogen-bond acceptors (Lipinski definition) is 3. The first-order valence-corrected chi connectivity index (χ1v) is 9.15. The first kappa shape index (κ1) is 19.2. The Labute approximate surface area is 153 Å². The molecule has 1 aromatic rings. The molecule has 1 atom stereocenters. The number of benzene rings is 1. The highest BCUT2D eigenvalue weighted by molar-refractivity contribution is 6.34. The van der Waals surface area contributed by atoms with E-state index in [0.29, 0.717) is 35.4 Å². The molecule has 0 bridgehead atoms. The van der Waals surface area contributed by atoms with Gasteiger partial charge >= 0.3 is 6.03 Å². The molecule has 1 unspecified atom stereocenters. The number of nitrogens with one attached hydrogen (secondary N) is 1. The summed E-state index contributed by atoms with van der Waals surface area (Å²) in [5.41, 5.74) is 0. The highest BCUT2D eigenvalue weighted by Gasteiger charge is 2.27. The average molecular weight is 374 g/mol. The van der Waals surface area contributed by atoms with Gasteiger partial charge in [-0.05, 0) is 31.3 Å². The lowest BCUT2D eigenvalue weighted by Gasteiger charge is -2.21. The van der Waals surface area contributed by atoms with E-state index in [0.717, 1.165) is 26.1 Å². The number of rotatable bonds is 7. The van der Waals surface area contributed by atoms with Crippen LogP contribution in [0.15, 0.2) is 18.2 Å². The van der Waals surface area contributed by atoms with E-state index in [1.165, 1.54) is 0 Å². The number of amides is 2. The number of halogens is 2. The molecule has 2 amide bonds. The van der Waals surface area contributed by atoms with Crippen molar-refractivity contribution in [2.24, 2.45) is 0 Å². The van der Waals surface area contributed by atoms with Crippen molar-refractivity contribution in [3.63, 3.8) is 0 Å². The van der Waals surface area contributed by atoms with Crippen molar-refractivity contribution >= 4 is 29.2 Å². The maximum Gasteiger partial charge on any atom is 0.317 e. The first-order chi connectivity index (χ1) is 11.5. The van der Waals surface area contributed by atoms with Crippen LogP contribution >= 0.6 is 23.2 Å². The molecule has 0 radical (unpaired) electrons. The Morgan fingerprint density at radius 2 is 1.96 bits per heavy atom. The van der Waals surface area contributed by atoms with Gasteiger partial charge in [0.1, 0.15) is 11.9 Å². The monoisotopic (exact) mass is 373 g/mol. The Morgan fingerprint density at radius 1 is 1.29 bits per heavy atom. The van der Waals surface area contributed by atoms with Crippen molar-refractivity contribution in [2.45, 2.75) is 26.4 Å². The summed E-state index contributed by atoms with van der Waals surface area (Å²) in [6.45, 7) is 9.02. The Hall–Kier alpha value is -1.17. The summed E-state index contributed by atoms with van der Waals surface area (Å²) in [6, 6.07) is 5.11. The number of carbonyl (C=O) groups excluding carboxylic acids is 1. The average Bonchev–Trinajstić information content (AvgIpc) is 2.99. The molecule has 7 heteroatoms. The lowest BCUT2D eigenvalue weighted by molar-refractivity contribution is 0.185. The summed E-state index contributed by atoms with van der Waals surface area (Å²) in [5, 5.41) is 4.06. The maximum atomic E-state index is 12.2. The molecule has 1 aliphatic rings. The number of ether oxygens (including phenoxy) is 1. The molecule has 1 heterocycles. The molecule has 0 aliphatic carbocycles. The highest BCUT2D eigenvalue weighted by Crippen LogP contribution is 2.26. The number of likely N-dealkylation sites (N-methyl/N-ethyl adjacent to an activating group) is 1. The van der Waals surface area contributed by atoms with Crippen LogP contribution in [0.3, 0.4) is 0 Å². The molecule has 5 nitrogen and oxygen atoms in total. The van der Waals surface area contributed by atoms with Crippen LogP contribution in [0.5, 0.6) is 5.75 Å². The number of hydrogen-bond donors (Lipinski definition) is 1. The molecular weight excluding hydrogens is 349 g/mol. The summed E-state index contributed by atoms with van der Waals surface area (Å²) in [6.07, 6.45) is 0.765. The van der Waals surface area contributed by atoms with Crippen molar-refractivity contribution in [2.75, 3.05) is 39.3 Å². The maximum absolute atomic E-state index is 12.2. The quantitative estimate of drug-likeness (QED) is 0.795. The summed E-state index contributed by atoms with van der Waals surface area (Å²) in [5.74, 6) is 0.640. The molecule has 1 N–H and O–H groups in total. The van der Waals surface area contributed by atoms with Gasteiger partial charge in [-0.25, -0.2) is 4.79 Å². The molecule has 0 aromatic heterocycles. The molecule has 0 saturated carbocycles. The predicted octanol–water partition coefficient (Wildman–Crippen LogP) is 3.50. The normalized spacial score (nSPS) is 17.4. The molecule has 1 aromatic carbocycles. The lowest BCUT2D eigenvalue weighted by Crippen LogP contribution is -2.42. The van der Waals surface area contributed by atoms with Gasteiger partial charge in [0.25, 0.3) is 0 Å². The van der Waals surface area contributed by atoms with E-state index < -0.39 is 0 Å². The number of urea groups is 1. The fourth-order valence-electron chi connectivity index (χ4n) is 2.77. The second-order valence-corrected chi connectivity index (χ2v) is 6.71. The van der Waals surface area contributed by atoms with Gasteiger partial charge in [-0.15, -0.1) is 0 Å². The van der Waals surface area contributed by atoms with Crippen molar-refractivity contribution in [1.82, 2.24) is 15.1 Å². The van der Waals surface area contributed by atoms with Crippen LogP contribution in [0.1, 0.15) is 20.3 Å². The van der Waals surface area contributed by atoms with Gasteiger partial charge in [-0.1, -0.05) is 37.0 Å². The summed E-state index contributed by atoms with van der Waals surface area (Å²) < 4.78 is 5.90. The predicted molar refractivity (Wildman–Crippen MR) is 98.3 cm³/mol. The van der Waals surface area contributed by atoms with Crippen molar-refractivity contribution in [3.8, 4) is 5.75 Å². The third-order valence-electron chi connectivity index (χ3n) is 4.17. The fraction of sp³-hybridized carbons (Fsp3) is 0.588. The highest BCUT2D eigenvalue weighted by atomic mass is 35.5. The van der Waals surface area contributed by atoms with E-state index >= 15 is 0 Å². The van der Waals surface area contributed by atoms with Gasteiger partial charge in [0.05, 0.1) is 6.54 Å². The van der Waals surface area contributed by atoms with Crippen molar-refractivity contribution in [1.29, 1.82) is 0 Å². The van der Waals surface area contributed by atoms with Gasteiger partial charge in [-0.3, -0.25) is 0 Å². The van der Waals surface area contributed by atoms with E-state index in [9.17, 15) is 4.79 Å². The number of likely N-dealkylation sites (tertiary alicyclic amines) is 1. The third-order valence-corrected chi connectivity index (χ3v) is 4.61. The van der Waals surface area contributed by atoms with E-state index in [2.05, 4.69) is 24.1 Å². The van der Waals surface area contributed by atoms with Crippen LogP contribution in [0.4, 0.5) is 4.79 Å². The molecule has 1 fully saturated rings. The lowest BCUT2D eigenvalue weighted by atomic mass is 10.3. The third kappa shape index (κ3) is 5.72. The van der Waals surface area contributed by atoms with Crippen molar-refractivity contribution < 1.29 is 9.53 Å².